The van der Waals surface area contributed by atoms with Crippen LogP contribution < -0.4 is 0 Å². The van der Waals surface area contributed by atoms with E-state index in [0.717, 1.165) is 32.1 Å². The summed E-state index contributed by atoms with van der Waals surface area (Å²) in [6.45, 7) is 4.51. The highest BCUT2D eigenvalue weighted by Crippen LogP contribution is 2.15. The number of likely N-dealkylation sites (N-methyl/N-ethyl adjacent to an activating group) is 1. The molecule has 304 valence electrons. The molecule has 0 radical (unpaired) electrons. The Kier molecular flexibility index (Phi) is 34.0. The van der Waals surface area contributed by atoms with E-state index in [1.807, 2.05) is 75.8 Å². The number of carbonyl (C=O) groups is 3. The van der Waals surface area contributed by atoms with Crippen molar-refractivity contribution in [2.24, 2.45) is 0 Å². The average molecular weight is 745 g/mol. The summed E-state index contributed by atoms with van der Waals surface area (Å²) in [5.74, 6) is -1.57. The maximum Gasteiger partial charge on any atom is 0.362 e. The molecule has 8 nitrogen and oxygen atoms in total. The predicted octanol–water partition coefficient (Wildman–Crippen LogP) is 11.0. The van der Waals surface area contributed by atoms with E-state index in [2.05, 4.69) is 19.9 Å². The summed E-state index contributed by atoms with van der Waals surface area (Å²) in [4.78, 5) is 36.8. The molecule has 0 aromatic carbocycles. The first-order valence-corrected chi connectivity index (χ1v) is 20.9. The topological polar surface area (TPSA) is 99.1 Å². The molecule has 2 unspecified atom stereocenters. The van der Waals surface area contributed by atoms with Gasteiger partial charge in [-0.15, -0.1) is 0 Å². The normalized spacial score (nSPS) is 13.6. The Morgan fingerprint density at radius 2 is 1.06 bits per heavy atom. The number of hydrogen-bond acceptors (Lipinski definition) is 6. The molecular formula is C45H78NO7+. The van der Waals surface area contributed by atoms with Crippen molar-refractivity contribution in [3.05, 3.63) is 60.8 Å². The van der Waals surface area contributed by atoms with Gasteiger partial charge in [0.25, 0.3) is 0 Å². The van der Waals surface area contributed by atoms with Gasteiger partial charge in [0.05, 0.1) is 34.4 Å². The molecule has 0 aliphatic carbocycles. The van der Waals surface area contributed by atoms with Crippen LogP contribution in [0, 0.1) is 0 Å². The SMILES string of the molecule is CC/C=C/C=C/C=C/C=C/C=C/CCCC(=O)OC(COCCC(C(=O)O)[N+](C)(C)C)COC(=O)CCCCCCCCCCCCCCCCCC. The molecule has 0 aromatic rings. The number of quaternary nitrogens is 1. The third kappa shape index (κ3) is 34.5. The van der Waals surface area contributed by atoms with Gasteiger partial charge in [-0.1, -0.05) is 171 Å². The second-order valence-electron chi connectivity index (χ2n) is 15.0. The summed E-state index contributed by atoms with van der Waals surface area (Å²) < 4.78 is 17.2. The van der Waals surface area contributed by atoms with E-state index in [1.54, 1.807) is 0 Å². The third-order valence-electron chi connectivity index (χ3n) is 9.06. The van der Waals surface area contributed by atoms with Gasteiger partial charge in [-0.25, -0.2) is 4.79 Å². The van der Waals surface area contributed by atoms with Crippen molar-refractivity contribution in [1.82, 2.24) is 0 Å². The van der Waals surface area contributed by atoms with Crippen LogP contribution in [-0.4, -0.2) is 80.6 Å². The van der Waals surface area contributed by atoms with Crippen LogP contribution in [0.5, 0.6) is 0 Å². The molecule has 53 heavy (non-hydrogen) atoms. The number of unbranched alkanes of at least 4 members (excludes halogenated alkanes) is 16. The standard InChI is InChI=1S/C45H77NO7/c1-6-8-10-12-14-16-18-20-21-22-24-25-27-29-31-33-35-43(47)52-40-41(39-51-38-37-42(45(49)50)46(3,4)5)53-44(48)36-34-32-30-28-26-23-19-17-15-13-11-9-7-2/h9,11,13,15,17,19,23,26,28,30,41-42H,6-8,10,12,14,16,18,20-22,24-25,27,29,31-40H2,1-5H3/p+1/b11-9+,15-13+,19-17+,26-23+,30-28+. The van der Waals surface area contributed by atoms with Gasteiger partial charge in [0.15, 0.2) is 12.1 Å². The lowest BCUT2D eigenvalue weighted by Crippen LogP contribution is -2.50. The van der Waals surface area contributed by atoms with Gasteiger partial charge in [-0.2, -0.15) is 0 Å². The molecule has 0 aliphatic rings. The first-order valence-electron chi connectivity index (χ1n) is 20.9. The van der Waals surface area contributed by atoms with Crippen LogP contribution in [-0.2, 0) is 28.6 Å². The van der Waals surface area contributed by atoms with Gasteiger partial charge in [0, 0.05) is 19.3 Å². The Morgan fingerprint density at radius 1 is 0.585 bits per heavy atom. The zero-order chi connectivity index (χ0) is 39.3. The van der Waals surface area contributed by atoms with Gasteiger partial charge in [0.2, 0.25) is 0 Å². The summed E-state index contributed by atoms with van der Waals surface area (Å²) in [6.07, 6.45) is 42.8. The number of nitrogens with zero attached hydrogens (tertiary/aromatic N) is 1. The fourth-order valence-electron chi connectivity index (χ4n) is 5.83. The zero-order valence-corrected chi connectivity index (χ0v) is 34.4. The summed E-state index contributed by atoms with van der Waals surface area (Å²) >= 11 is 0. The summed E-state index contributed by atoms with van der Waals surface area (Å²) in [6, 6.07) is -0.628. The predicted molar refractivity (Wildman–Crippen MR) is 220 cm³/mol. The van der Waals surface area contributed by atoms with Crippen LogP contribution in [0.1, 0.15) is 155 Å². The number of carboxylic acid groups (broad SMARTS) is 1. The fraction of sp³-hybridized carbons (Fsp3) is 0.711. The number of allylic oxidation sites excluding steroid dienone is 10. The van der Waals surface area contributed by atoms with Crippen molar-refractivity contribution in [3.8, 4) is 0 Å². The molecule has 0 rings (SSSR count). The number of ether oxygens (including phenoxy) is 3. The van der Waals surface area contributed by atoms with Crippen molar-refractivity contribution < 1.29 is 38.2 Å². The van der Waals surface area contributed by atoms with E-state index < -0.39 is 18.1 Å². The van der Waals surface area contributed by atoms with E-state index in [-0.39, 0.29) is 42.7 Å². The lowest BCUT2D eigenvalue weighted by atomic mass is 10.0. The number of esters is 2. The van der Waals surface area contributed by atoms with Crippen LogP contribution in [0.4, 0.5) is 0 Å². The smallest absolute Gasteiger partial charge is 0.362 e. The number of carboxylic acids is 1. The Balaban J connectivity index is 4.45. The maximum atomic E-state index is 12.6. The van der Waals surface area contributed by atoms with Gasteiger partial charge in [-0.3, -0.25) is 9.59 Å². The van der Waals surface area contributed by atoms with Gasteiger partial charge < -0.3 is 23.8 Å². The minimum Gasteiger partial charge on any atom is -0.477 e. The number of hydrogen-bond donors (Lipinski definition) is 1. The Morgan fingerprint density at radius 3 is 1.55 bits per heavy atom. The van der Waals surface area contributed by atoms with E-state index >= 15 is 0 Å². The van der Waals surface area contributed by atoms with Crippen molar-refractivity contribution in [3.63, 3.8) is 0 Å². The molecule has 1 N–H and O–H groups in total. The van der Waals surface area contributed by atoms with Crippen LogP contribution in [0.2, 0.25) is 0 Å². The second-order valence-corrected chi connectivity index (χ2v) is 15.0. The molecule has 0 fully saturated rings. The lowest BCUT2D eigenvalue weighted by Gasteiger charge is -2.31. The molecule has 0 bridgehead atoms. The van der Waals surface area contributed by atoms with E-state index in [4.69, 9.17) is 14.2 Å². The lowest BCUT2D eigenvalue weighted by molar-refractivity contribution is -0.887. The molecule has 0 saturated heterocycles. The summed E-state index contributed by atoms with van der Waals surface area (Å²) in [5.41, 5.74) is 0. The number of aliphatic carboxylic acids is 1. The highest BCUT2D eigenvalue weighted by Gasteiger charge is 2.31. The van der Waals surface area contributed by atoms with E-state index in [1.165, 1.54) is 83.5 Å². The van der Waals surface area contributed by atoms with Crippen molar-refractivity contribution in [2.45, 2.75) is 167 Å². The number of carbonyl (C=O) groups excluding carboxylic acids is 2. The van der Waals surface area contributed by atoms with Crippen molar-refractivity contribution >= 4 is 17.9 Å². The Hall–Kier alpha value is -2.97. The molecule has 0 saturated carbocycles. The quantitative estimate of drug-likeness (QED) is 0.0295. The molecular weight excluding hydrogens is 666 g/mol. The summed E-state index contributed by atoms with van der Waals surface area (Å²) in [7, 11) is 5.49. The molecule has 0 spiro atoms. The van der Waals surface area contributed by atoms with E-state index in [9.17, 15) is 19.5 Å². The fourth-order valence-corrected chi connectivity index (χ4v) is 5.83. The molecule has 0 heterocycles. The van der Waals surface area contributed by atoms with Crippen LogP contribution in [0.15, 0.2) is 60.8 Å². The van der Waals surface area contributed by atoms with E-state index in [0.29, 0.717) is 19.3 Å². The average Bonchev–Trinajstić information content (AvgIpc) is 3.11. The summed E-state index contributed by atoms with van der Waals surface area (Å²) in [5, 5.41) is 9.60. The molecule has 0 aliphatic heterocycles. The minimum absolute atomic E-state index is 0.0316. The largest absolute Gasteiger partial charge is 0.477 e. The van der Waals surface area contributed by atoms with Crippen LogP contribution in [0.25, 0.3) is 0 Å². The molecule has 0 amide bonds. The monoisotopic (exact) mass is 745 g/mol. The van der Waals surface area contributed by atoms with Gasteiger partial charge in [0.1, 0.15) is 6.61 Å². The van der Waals surface area contributed by atoms with Gasteiger partial charge in [-0.05, 0) is 25.7 Å². The van der Waals surface area contributed by atoms with Crippen LogP contribution >= 0.6 is 0 Å². The first kappa shape index (κ1) is 50.0. The van der Waals surface area contributed by atoms with Crippen LogP contribution in [0.3, 0.4) is 0 Å². The second kappa shape index (κ2) is 36.0. The first-order chi connectivity index (χ1) is 25.6. The molecule has 8 heteroatoms. The minimum atomic E-state index is -0.888. The highest BCUT2D eigenvalue weighted by molar-refractivity contribution is 5.72. The Bertz CT molecular complexity index is 1050. The zero-order valence-electron chi connectivity index (χ0n) is 34.4. The Labute approximate surface area is 324 Å². The van der Waals surface area contributed by atoms with Crippen molar-refractivity contribution in [1.29, 1.82) is 0 Å². The van der Waals surface area contributed by atoms with Crippen molar-refractivity contribution in [2.75, 3.05) is 41.0 Å². The molecule has 0 aromatic heterocycles. The maximum absolute atomic E-state index is 12.6. The third-order valence-corrected chi connectivity index (χ3v) is 9.06. The molecule has 2 atom stereocenters. The number of rotatable bonds is 36. The highest BCUT2D eigenvalue weighted by atomic mass is 16.6. The van der Waals surface area contributed by atoms with Gasteiger partial charge >= 0.3 is 17.9 Å².